The Kier molecular flexibility index (Phi) is 3.64. The van der Waals surface area contributed by atoms with Crippen molar-refractivity contribution in [2.45, 2.75) is 26.2 Å². The normalized spacial score (nSPS) is 24.2. The summed E-state index contributed by atoms with van der Waals surface area (Å²) in [5, 5.41) is 14.3. The van der Waals surface area contributed by atoms with Crippen molar-refractivity contribution in [3.63, 3.8) is 0 Å². The largest absolute Gasteiger partial charge is 0.481 e. The average molecular weight is 273 g/mol. The quantitative estimate of drug-likeness (QED) is 0.911. The first kappa shape index (κ1) is 13.4. The molecule has 2 heterocycles. The third-order valence-corrected chi connectivity index (χ3v) is 4.04. The molecule has 2 rings (SSSR count). The smallest absolute Gasteiger partial charge is 0.312 e. The van der Waals surface area contributed by atoms with E-state index in [1.807, 2.05) is 6.92 Å². The molecule has 0 bridgehead atoms. The molecule has 6 heteroatoms. The van der Waals surface area contributed by atoms with E-state index >= 15 is 0 Å². The first-order chi connectivity index (χ1) is 8.46. The summed E-state index contributed by atoms with van der Waals surface area (Å²) >= 11 is 6.18. The fourth-order valence-electron chi connectivity index (χ4n) is 2.43. The molecular formula is C12H17ClN2O3. The molecule has 5 nitrogen and oxygen atoms in total. The zero-order valence-electron chi connectivity index (χ0n) is 10.6. The van der Waals surface area contributed by atoms with Gasteiger partial charge >= 0.3 is 5.97 Å². The van der Waals surface area contributed by atoms with Gasteiger partial charge in [-0.1, -0.05) is 11.6 Å². The van der Waals surface area contributed by atoms with Crippen LogP contribution in [-0.4, -0.2) is 34.1 Å². The second-order valence-corrected chi connectivity index (χ2v) is 5.27. The van der Waals surface area contributed by atoms with E-state index in [-0.39, 0.29) is 6.61 Å². The first-order valence-electron chi connectivity index (χ1n) is 5.95. The number of hydrogen-bond acceptors (Lipinski definition) is 3. The first-order valence-corrected chi connectivity index (χ1v) is 6.33. The van der Waals surface area contributed by atoms with Gasteiger partial charge in [0.2, 0.25) is 0 Å². The number of ether oxygens (including phenoxy) is 1. The predicted molar refractivity (Wildman–Crippen MR) is 66.8 cm³/mol. The minimum absolute atomic E-state index is 0.239. The van der Waals surface area contributed by atoms with Crippen LogP contribution in [0.5, 0.6) is 0 Å². The van der Waals surface area contributed by atoms with Crippen LogP contribution < -0.4 is 0 Å². The Morgan fingerprint density at radius 3 is 2.83 bits per heavy atom. The van der Waals surface area contributed by atoms with Crippen LogP contribution in [-0.2, 0) is 23.0 Å². The van der Waals surface area contributed by atoms with Gasteiger partial charge in [0.15, 0.2) is 0 Å². The highest BCUT2D eigenvalue weighted by atomic mass is 35.5. The summed E-state index contributed by atoms with van der Waals surface area (Å²) in [6.45, 7) is 2.69. The summed E-state index contributed by atoms with van der Waals surface area (Å²) in [5.41, 5.74) is 0.621. The van der Waals surface area contributed by atoms with Crippen LogP contribution in [0.1, 0.15) is 24.2 Å². The van der Waals surface area contributed by atoms with E-state index in [1.54, 1.807) is 11.7 Å². The van der Waals surface area contributed by atoms with Gasteiger partial charge in [-0.15, -0.1) is 0 Å². The molecule has 0 aliphatic carbocycles. The van der Waals surface area contributed by atoms with Crippen molar-refractivity contribution >= 4 is 17.6 Å². The van der Waals surface area contributed by atoms with Crippen molar-refractivity contribution in [3.05, 3.63) is 16.4 Å². The lowest BCUT2D eigenvalue weighted by atomic mass is 9.78. The number of carboxylic acids is 1. The Balaban J connectivity index is 2.31. The lowest BCUT2D eigenvalue weighted by Crippen LogP contribution is -2.41. The summed E-state index contributed by atoms with van der Waals surface area (Å²) in [7, 11) is 1.79. The van der Waals surface area contributed by atoms with E-state index in [0.717, 1.165) is 17.8 Å². The minimum atomic E-state index is -0.873. The van der Waals surface area contributed by atoms with Gasteiger partial charge in [-0.3, -0.25) is 9.48 Å². The molecule has 1 fully saturated rings. The molecule has 0 amide bonds. The molecule has 0 radical (unpaired) electrons. The number of carbonyl (C=O) groups is 1. The van der Waals surface area contributed by atoms with Crippen LogP contribution in [0.25, 0.3) is 0 Å². The number of rotatable bonds is 3. The van der Waals surface area contributed by atoms with Crippen molar-refractivity contribution < 1.29 is 14.6 Å². The van der Waals surface area contributed by atoms with Crippen LogP contribution in [0, 0.1) is 12.3 Å². The minimum Gasteiger partial charge on any atom is -0.481 e. The standard InChI is InChI=1S/C12H17ClN2O3/c1-8-10(13)9(15(2)14-8)6-12(11(16)17)4-3-5-18-7-12/h3-7H2,1-2H3,(H,16,17). The molecule has 1 unspecified atom stereocenters. The van der Waals surface area contributed by atoms with Crippen molar-refractivity contribution in [3.8, 4) is 0 Å². The SMILES string of the molecule is Cc1nn(C)c(CC2(C(=O)O)CCCOC2)c1Cl. The Bertz CT molecular complexity index is 464. The highest BCUT2D eigenvalue weighted by molar-refractivity contribution is 6.31. The third kappa shape index (κ3) is 2.24. The number of carboxylic acid groups (broad SMARTS) is 1. The van der Waals surface area contributed by atoms with E-state index < -0.39 is 11.4 Å². The summed E-state index contributed by atoms with van der Waals surface area (Å²) in [6.07, 6.45) is 1.74. The Hall–Kier alpha value is -1.07. The molecule has 1 aliphatic rings. The van der Waals surface area contributed by atoms with Gasteiger partial charge in [-0.25, -0.2) is 0 Å². The number of aliphatic carboxylic acids is 1. The molecular weight excluding hydrogens is 256 g/mol. The van der Waals surface area contributed by atoms with Gasteiger partial charge in [0.25, 0.3) is 0 Å². The fourth-order valence-corrected chi connectivity index (χ4v) is 2.66. The predicted octanol–water partition coefficient (Wildman–Crippen LogP) is 1.81. The lowest BCUT2D eigenvalue weighted by Gasteiger charge is -2.33. The van der Waals surface area contributed by atoms with Gasteiger partial charge in [-0.05, 0) is 19.8 Å². The van der Waals surface area contributed by atoms with Gasteiger partial charge in [-0.2, -0.15) is 5.10 Å². The van der Waals surface area contributed by atoms with E-state index in [2.05, 4.69) is 5.10 Å². The Morgan fingerprint density at radius 1 is 1.67 bits per heavy atom. The zero-order chi connectivity index (χ0) is 13.3. The summed E-state index contributed by atoms with van der Waals surface area (Å²) in [4.78, 5) is 11.6. The molecule has 1 N–H and O–H groups in total. The van der Waals surface area contributed by atoms with Gasteiger partial charge in [0.05, 0.1) is 28.4 Å². The molecule has 1 atom stereocenters. The van der Waals surface area contributed by atoms with Crippen molar-refractivity contribution in [2.24, 2.45) is 12.5 Å². The van der Waals surface area contributed by atoms with Gasteiger partial charge < -0.3 is 9.84 Å². The second kappa shape index (κ2) is 4.90. The fraction of sp³-hybridized carbons (Fsp3) is 0.667. The van der Waals surface area contributed by atoms with E-state index in [4.69, 9.17) is 16.3 Å². The summed E-state index contributed by atoms with van der Waals surface area (Å²) < 4.78 is 7.02. The van der Waals surface area contributed by atoms with Crippen molar-refractivity contribution in [1.29, 1.82) is 0 Å². The molecule has 0 saturated carbocycles. The number of hydrogen-bond donors (Lipinski definition) is 1. The molecule has 18 heavy (non-hydrogen) atoms. The average Bonchev–Trinajstić information content (AvgIpc) is 2.57. The van der Waals surface area contributed by atoms with Crippen LogP contribution in [0.3, 0.4) is 0 Å². The topological polar surface area (TPSA) is 64.4 Å². The van der Waals surface area contributed by atoms with Crippen molar-refractivity contribution in [2.75, 3.05) is 13.2 Å². The van der Waals surface area contributed by atoms with Gasteiger partial charge in [0, 0.05) is 20.1 Å². The molecule has 1 aliphatic heterocycles. The second-order valence-electron chi connectivity index (χ2n) is 4.89. The highest BCUT2D eigenvalue weighted by Crippen LogP contribution is 2.35. The number of halogens is 1. The molecule has 1 aromatic rings. The summed E-state index contributed by atoms with van der Waals surface area (Å²) in [6, 6.07) is 0. The summed E-state index contributed by atoms with van der Waals surface area (Å²) in [5.74, 6) is -0.822. The van der Waals surface area contributed by atoms with Crippen LogP contribution in [0.4, 0.5) is 0 Å². The highest BCUT2D eigenvalue weighted by Gasteiger charge is 2.42. The van der Waals surface area contributed by atoms with Gasteiger partial charge in [0.1, 0.15) is 0 Å². The van der Waals surface area contributed by atoms with Crippen LogP contribution in [0.15, 0.2) is 0 Å². The number of aryl methyl sites for hydroxylation is 2. The maximum atomic E-state index is 11.6. The maximum Gasteiger partial charge on any atom is 0.312 e. The third-order valence-electron chi connectivity index (χ3n) is 3.54. The number of nitrogens with zero attached hydrogens (tertiary/aromatic N) is 2. The monoisotopic (exact) mass is 272 g/mol. The van der Waals surface area contributed by atoms with Crippen LogP contribution >= 0.6 is 11.6 Å². The van der Waals surface area contributed by atoms with Crippen LogP contribution in [0.2, 0.25) is 5.02 Å². The lowest BCUT2D eigenvalue weighted by molar-refractivity contribution is -0.157. The van der Waals surface area contributed by atoms with E-state index in [0.29, 0.717) is 24.5 Å². The maximum absolute atomic E-state index is 11.6. The Morgan fingerprint density at radius 2 is 2.39 bits per heavy atom. The number of aromatic nitrogens is 2. The molecule has 100 valence electrons. The molecule has 0 aromatic carbocycles. The molecule has 1 aromatic heterocycles. The molecule has 1 saturated heterocycles. The Labute approximate surface area is 111 Å². The van der Waals surface area contributed by atoms with Crippen molar-refractivity contribution in [1.82, 2.24) is 9.78 Å². The van der Waals surface area contributed by atoms with E-state index in [1.165, 1.54) is 0 Å². The molecule has 0 spiro atoms. The van der Waals surface area contributed by atoms with E-state index in [9.17, 15) is 9.90 Å². The zero-order valence-corrected chi connectivity index (χ0v) is 11.3.